The van der Waals surface area contributed by atoms with Crippen LogP contribution in [-0.4, -0.2) is 9.97 Å². The molecule has 19 heavy (non-hydrogen) atoms. The highest BCUT2D eigenvalue weighted by molar-refractivity contribution is 7.19. The van der Waals surface area contributed by atoms with Gasteiger partial charge in [0.05, 0.1) is 5.39 Å². The zero-order chi connectivity index (χ0) is 12.8. The Morgan fingerprint density at radius 3 is 2.63 bits per heavy atom. The average Bonchev–Trinajstić information content (AvgIpc) is 3.05. The largest absolute Gasteiger partial charge is 0.222 e. The predicted molar refractivity (Wildman–Crippen MR) is 80.3 cm³/mol. The number of hydrogen-bond donors (Lipinski definition) is 0. The van der Waals surface area contributed by atoms with E-state index in [2.05, 4.69) is 4.98 Å². The number of aromatic nitrogens is 2. The van der Waals surface area contributed by atoms with Gasteiger partial charge in [0.2, 0.25) is 0 Å². The van der Waals surface area contributed by atoms with Crippen molar-refractivity contribution in [2.24, 2.45) is 0 Å². The van der Waals surface area contributed by atoms with Crippen LogP contribution < -0.4 is 0 Å². The van der Waals surface area contributed by atoms with E-state index in [1.165, 1.54) is 55.4 Å². The van der Waals surface area contributed by atoms with E-state index in [0.717, 1.165) is 22.5 Å². The maximum atomic E-state index is 6.47. The molecule has 100 valence electrons. The van der Waals surface area contributed by atoms with Gasteiger partial charge in [-0.3, -0.25) is 0 Å². The van der Waals surface area contributed by atoms with E-state index in [0.29, 0.717) is 11.1 Å². The summed E-state index contributed by atoms with van der Waals surface area (Å²) in [6.07, 6.45) is 10.0. The van der Waals surface area contributed by atoms with Gasteiger partial charge in [0, 0.05) is 10.8 Å². The van der Waals surface area contributed by atoms with E-state index >= 15 is 0 Å². The summed E-state index contributed by atoms with van der Waals surface area (Å²) in [4.78, 5) is 12.1. The number of halogens is 1. The second-order valence-corrected chi connectivity index (χ2v) is 7.19. The minimum atomic E-state index is 0.543. The second kappa shape index (κ2) is 4.71. The van der Waals surface area contributed by atoms with Gasteiger partial charge in [-0.2, -0.15) is 0 Å². The first-order valence-corrected chi connectivity index (χ1v) is 8.50. The number of aryl methyl sites for hydroxylation is 2. The van der Waals surface area contributed by atoms with E-state index in [1.807, 2.05) is 11.3 Å². The van der Waals surface area contributed by atoms with E-state index in [4.69, 9.17) is 16.6 Å². The zero-order valence-corrected chi connectivity index (χ0v) is 12.5. The monoisotopic (exact) mass is 292 g/mol. The highest BCUT2D eigenvalue weighted by Gasteiger charge is 2.24. The van der Waals surface area contributed by atoms with Crippen LogP contribution in [0.3, 0.4) is 0 Å². The second-order valence-electron chi connectivity index (χ2n) is 5.75. The highest BCUT2D eigenvalue weighted by Crippen LogP contribution is 2.40. The summed E-state index contributed by atoms with van der Waals surface area (Å²) >= 11 is 8.33. The number of hydrogen-bond acceptors (Lipinski definition) is 3. The van der Waals surface area contributed by atoms with Gasteiger partial charge >= 0.3 is 0 Å². The zero-order valence-electron chi connectivity index (χ0n) is 10.9. The molecular formula is C15H17ClN2S. The van der Waals surface area contributed by atoms with Crippen LogP contribution in [0, 0.1) is 0 Å². The number of thiophene rings is 1. The van der Waals surface area contributed by atoms with Crippen LogP contribution in [0.2, 0.25) is 5.15 Å². The van der Waals surface area contributed by atoms with E-state index in [-0.39, 0.29) is 0 Å². The van der Waals surface area contributed by atoms with Crippen LogP contribution in [0.15, 0.2) is 0 Å². The molecule has 0 radical (unpaired) electrons. The van der Waals surface area contributed by atoms with Crippen molar-refractivity contribution in [3.8, 4) is 0 Å². The molecule has 4 heteroatoms. The molecule has 0 saturated heterocycles. The molecule has 2 nitrogen and oxygen atoms in total. The topological polar surface area (TPSA) is 25.8 Å². The Bertz CT molecular complexity index is 629. The molecule has 0 unspecified atom stereocenters. The molecule has 0 bridgehead atoms. The molecule has 2 aliphatic rings. The minimum absolute atomic E-state index is 0.543. The molecule has 4 rings (SSSR count). The standard InChI is InChI=1S/C15H17ClN2S/c16-13-12-10-7-3-4-8-11(10)19-15(12)18-14(17-13)9-5-1-2-6-9/h9H,1-8H2. The Morgan fingerprint density at radius 1 is 1.00 bits per heavy atom. The van der Waals surface area contributed by atoms with Crippen LogP contribution in [0.5, 0.6) is 0 Å². The summed E-state index contributed by atoms with van der Waals surface area (Å²) in [6.45, 7) is 0. The SMILES string of the molecule is Clc1nc(C2CCCC2)nc2sc3c(c12)CCCC3. The van der Waals surface area contributed by atoms with Gasteiger partial charge in [0.25, 0.3) is 0 Å². The lowest BCUT2D eigenvalue weighted by Crippen LogP contribution is -2.02. The highest BCUT2D eigenvalue weighted by atomic mass is 35.5. The van der Waals surface area contributed by atoms with Crippen molar-refractivity contribution in [3.63, 3.8) is 0 Å². The molecule has 1 saturated carbocycles. The van der Waals surface area contributed by atoms with E-state index < -0.39 is 0 Å². The first-order chi connectivity index (χ1) is 9.33. The summed E-state index contributed by atoms with van der Waals surface area (Å²) in [6, 6.07) is 0. The molecule has 0 atom stereocenters. The minimum Gasteiger partial charge on any atom is -0.222 e. The first-order valence-electron chi connectivity index (χ1n) is 7.30. The fourth-order valence-electron chi connectivity index (χ4n) is 3.50. The molecule has 2 aromatic rings. The number of rotatable bonds is 1. The third-order valence-electron chi connectivity index (χ3n) is 4.51. The van der Waals surface area contributed by atoms with Crippen LogP contribution in [0.4, 0.5) is 0 Å². The van der Waals surface area contributed by atoms with Crippen molar-refractivity contribution < 1.29 is 0 Å². The Kier molecular flexibility index (Phi) is 3.00. The Balaban J connectivity index is 1.87. The third-order valence-corrected chi connectivity index (χ3v) is 5.97. The normalized spacial score (nSPS) is 20.1. The van der Waals surface area contributed by atoms with Crippen molar-refractivity contribution in [2.45, 2.75) is 57.3 Å². The Hall–Kier alpha value is -0.670. The van der Waals surface area contributed by atoms with Gasteiger partial charge in [-0.25, -0.2) is 9.97 Å². The maximum absolute atomic E-state index is 6.47. The fraction of sp³-hybridized carbons (Fsp3) is 0.600. The Labute approximate surface area is 122 Å². The van der Waals surface area contributed by atoms with E-state index in [1.54, 1.807) is 0 Å². The van der Waals surface area contributed by atoms with Crippen molar-refractivity contribution >= 4 is 33.2 Å². The number of nitrogens with zero attached hydrogens (tertiary/aromatic N) is 2. The summed E-state index contributed by atoms with van der Waals surface area (Å²) in [5, 5.41) is 1.86. The summed E-state index contributed by atoms with van der Waals surface area (Å²) in [5.74, 6) is 1.54. The van der Waals surface area contributed by atoms with Gasteiger partial charge in [0.15, 0.2) is 0 Å². The molecule has 2 heterocycles. The number of fused-ring (bicyclic) bond motifs is 3. The van der Waals surface area contributed by atoms with Gasteiger partial charge < -0.3 is 0 Å². The Morgan fingerprint density at radius 2 is 1.79 bits per heavy atom. The fourth-order valence-corrected chi connectivity index (χ4v) is 5.11. The van der Waals surface area contributed by atoms with Crippen LogP contribution >= 0.6 is 22.9 Å². The van der Waals surface area contributed by atoms with Gasteiger partial charge in [-0.1, -0.05) is 24.4 Å². The smallest absolute Gasteiger partial charge is 0.141 e. The predicted octanol–water partition coefficient (Wildman–Crippen LogP) is 4.88. The van der Waals surface area contributed by atoms with Crippen molar-refractivity contribution in [1.82, 2.24) is 9.97 Å². The lowest BCUT2D eigenvalue weighted by Gasteiger charge is -2.11. The van der Waals surface area contributed by atoms with E-state index in [9.17, 15) is 0 Å². The first kappa shape index (κ1) is 12.1. The summed E-state index contributed by atoms with van der Waals surface area (Å²) in [5.41, 5.74) is 1.44. The van der Waals surface area contributed by atoms with Gasteiger partial charge in [-0.05, 0) is 44.1 Å². The van der Waals surface area contributed by atoms with Gasteiger partial charge in [-0.15, -0.1) is 11.3 Å². The quantitative estimate of drug-likeness (QED) is 0.700. The molecule has 0 amide bonds. The van der Waals surface area contributed by atoms with Crippen LogP contribution in [0.25, 0.3) is 10.2 Å². The molecule has 1 fully saturated rings. The molecule has 2 aromatic heterocycles. The molecule has 0 spiro atoms. The molecular weight excluding hydrogens is 276 g/mol. The van der Waals surface area contributed by atoms with Crippen molar-refractivity contribution in [1.29, 1.82) is 0 Å². The summed E-state index contributed by atoms with van der Waals surface area (Å²) < 4.78 is 0. The average molecular weight is 293 g/mol. The molecule has 0 aliphatic heterocycles. The summed E-state index contributed by atoms with van der Waals surface area (Å²) in [7, 11) is 0. The van der Waals surface area contributed by atoms with Crippen molar-refractivity contribution in [3.05, 3.63) is 21.4 Å². The van der Waals surface area contributed by atoms with Crippen LogP contribution in [0.1, 0.15) is 60.7 Å². The van der Waals surface area contributed by atoms with Crippen LogP contribution in [-0.2, 0) is 12.8 Å². The maximum Gasteiger partial charge on any atom is 0.141 e. The molecule has 0 N–H and O–H groups in total. The lowest BCUT2D eigenvalue weighted by atomic mass is 9.97. The van der Waals surface area contributed by atoms with Gasteiger partial charge in [0.1, 0.15) is 15.8 Å². The lowest BCUT2D eigenvalue weighted by molar-refractivity contribution is 0.672. The van der Waals surface area contributed by atoms with Crippen molar-refractivity contribution in [2.75, 3.05) is 0 Å². The molecule has 2 aliphatic carbocycles. The molecule has 0 aromatic carbocycles. The third kappa shape index (κ3) is 1.98.